The summed E-state index contributed by atoms with van der Waals surface area (Å²) in [7, 11) is 0. The standard InChI is InChI=1S/C6H8N4O/c11-6-2-1-5(9-6)10-4-7-3-8-10/h3-5H,1-2H2,(H,9,11). The van der Waals surface area contributed by atoms with Gasteiger partial charge in [0.05, 0.1) is 0 Å². The molecule has 2 rings (SSSR count). The van der Waals surface area contributed by atoms with Gasteiger partial charge in [0.15, 0.2) is 0 Å². The second-order valence-corrected chi connectivity index (χ2v) is 2.50. The lowest BCUT2D eigenvalue weighted by Crippen LogP contribution is -2.23. The summed E-state index contributed by atoms with van der Waals surface area (Å²) >= 11 is 0. The molecule has 11 heavy (non-hydrogen) atoms. The average Bonchev–Trinajstić information content (AvgIpc) is 2.55. The van der Waals surface area contributed by atoms with Crippen LogP contribution in [-0.2, 0) is 4.79 Å². The van der Waals surface area contributed by atoms with Gasteiger partial charge in [-0.3, -0.25) is 4.79 Å². The molecule has 0 bridgehead atoms. The van der Waals surface area contributed by atoms with E-state index in [1.165, 1.54) is 6.33 Å². The Morgan fingerprint density at radius 2 is 2.64 bits per heavy atom. The fraction of sp³-hybridized carbons (Fsp3) is 0.500. The molecule has 1 amide bonds. The first-order valence-electron chi connectivity index (χ1n) is 3.50. The number of hydrogen-bond donors (Lipinski definition) is 1. The Labute approximate surface area is 63.4 Å². The van der Waals surface area contributed by atoms with Gasteiger partial charge >= 0.3 is 0 Å². The summed E-state index contributed by atoms with van der Waals surface area (Å²) in [5, 5.41) is 6.70. The molecule has 0 aliphatic carbocycles. The van der Waals surface area contributed by atoms with Crippen molar-refractivity contribution in [1.82, 2.24) is 20.1 Å². The molecule has 1 fully saturated rings. The molecule has 2 heterocycles. The van der Waals surface area contributed by atoms with E-state index in [1.54, 1.807) is 11.0 Å². The van der Waals surface area contributed by atoms with Gasteiger partial charge in [0.25, 0.3) is 0 Å². The first-order valence-corrected chi connectivity index (χ1v) is 3.50. The summed E-state index contributed by atoms with van der Waals surface area (Å²) in [6, 6.07) is 0. The molecule has 1 atom stereocenters. The zero-order valence-electron chi connectivity index (χ0n) is 5.90. The van der Waals surface area contributed by atoms with Crippen molar-refractivity contribution < 1.29 is 4.79 Å². The van der Waals surface area contributed by atoms with Gasteiger partial charge in [0, 0.05) is 6.42 Å². The van der Waals surface area contributed by atoms with Crippen LogP contribution < -0.4 is 5.32 Å². The number of rotatable bonds is 1. The lowest BCUT2D eigenvalue weighted by Gasteiger charge is -2.07. The van der Waals surface area contributed by atoms with Gasteiger partial charge < -0.3 is 5.32 Å². The van der Waals surface area contributed by atoms with Crippen LogP contribution in [-0.4, -0.2) is 20.7 Å². The Bertz CT molecular complexity index is 256. The van der Waals surface area contributed by atoms with Crippen molar-refractivity contribution in [3.05, 3.63) is 12.7 Å². The van der Waals surface area contributed by atoms with E-state index in [-0.39, 0.29) is 12.1 Å². The van der Waals surface area contributed by atoms with Gasteiger partial charge in [-0.15, -0.1) is 0 Å². The number of carbonyl (C=O) groups excluding carboxylic acids is 1. The Morgan fingerprint density at radius 3 is 3.18 bits per heavy atom. The number of nitrogens with one attached hydrogen (secondary N) is 1. The number of carbonyl (C=O) groups is 1. The molecule has 0 aromatic carbocycles. The third-order valence-electron chi connectivity index (χ3n) is 1.73. The average molecular weight is 152 g/mol. The molecule has 1 unspecified atom stereocenters. The van der Waals surface area contributed by atoms with Crippen molar-refractivity contribution >= 4 is 5.91 Å². The highest BCUT2D eigenvalue weighted by Gasteiger charge is 2.21. The monoisotopic (exact) mass is 152 g/mol. The quantitative estimate of drug-likeness (QED) is 0.600. The molecule has 0 saturated carbocycles. The molecule has 1 N–H and O–H groups in total. The predicted octanol–water partition coefficient (Wildman–Crippen LogP) is -0.313. The van der Waals surface area contributed by atoms with Crippen molar-refractivity contribution in [2.45, 2.75) is 19.0 Å². The first-order chi connectivity index (χ1) is 5.36. The van der Waals surface area contributed by atoms with Gasteiger partial charge in [-0.1, -0.05) is 0 Å². The molecule has 1 aromatic rings. The topological polar surface area (TPSA) is 59.8 Å². The predicted molar refractivity (Wildman–Crippen MR) is 36.4 cm³/mol. The van der Waals surface area contributed by atoms with Crippen LogP contribution in [0.4, 0.5) is 0 Å². The van der Waals surface area contributed by atoms with Crippen LogP contribution in [0.15, 0.2) is 12.7 Å². The molecule has 1 aromatic heterocycles. The number of aromatic nitrogens is 3. The number of nitrogens with zero attached hydrogens (tertiary/aromatic N) is 3. The highest BCUT2D eigenvalue weighted by Crippen LogP contribution is 2.14. The molecule has 58 valence electrons. The lowest BCUT2D eigenvalue weighted by molar-refractivity contribution is -0.119. The molecular weight excluding hydrogens is 144 g/mol. The minimum absolute atomic E-state index is 0.0185. The Balaban J connectivity index is 2.13. The molecule has 1 aliphatic rings. The molecular formula is C6H8N4O. The van der Waals surface area contributed by atoms with Crippen LogP contribution in [0.2, 0.25) is 0 Å². The van der Waals surface area contributed by atoms with Crippen molar-refractivity contribution in [3.8, 4) is 0 Å². The van der Waals surface area contributed by atoms with Gasteiger partial charge in [0.1, 0.15) is 18.8 Å². The number of hydrogen-bond acceptors (Lipinski definition) is 3. The maximum absolute atomic E-state index is 10.8. The summed E-state index contributed by atoms with van der Waals surface area (Å²) in [4.78, 5) is 14.6. The summed E-state index contributed by atoms with van der Waals surface area (Å²) in [6.45, 7) is 0. The highest BCUT2D eigenvalue weighted by atomic mass is 16.2. The van der Waals surface area contributed by atoms with Gasteiger partial charge in [0.2, 0.25) is 5.91 Å². The van der Waals surface area contributed by atoms with E-state index in [2.05, 4.69) is 15.4 Å². The van der Waals surface area contributed by atoms with Crippen molar-refractivity contribution in [3.63, 3.8) is 0 Å². The Kier molecular flexibility index (Phi) is 1.34. The van der Waals surface area contributed by atoms with Gasteiger partial charge in [-0.25, -0.2) is 9.67 Å². The largest absolute Gasteiger partial charge is 0.334 e. The second kappa shape index (κ2) is 2.34. The van der Waals surface area contributed by atoms with E-state index in [9.17, 15) is 4.79 Å². The zero-order chi connectivity index (χ0) is 7.68. The second-order valence-electron chi connectivity index (χ2n) is 2.50. The number of amides is 1. The van der Waals surface area contributed by atoms with Gasteiger partial charge in [-0.2, -0.15) is 5.10 Å². The minimum Gasteiger partial charge on any atom is -0.334 e. The van der Waals surface area contributed by atoms with E-state index in [0.717, 1.165) is 6.42 Å². The van der Waals surface area contributed by atoms with Crippen LogP contribution in [0.1, 0.15) is 19.0 Å². The van der Waals surface area contributed by atoms with Crippen LogP contribution in [0.5, 0.6) is 0 Å². The summed E-state index contributed by atoms with van der Waals surface area (Å²) in [6.07, 6.45) is 4.48. The molecule has 5 heteroatoms. The van der Waals surface area contributed by atoms with E-state index < -0.39 is 0 Å². The van der Waals surface area contributed by atoms with Crippen LogP contribution in [0.25, 0.3) is 0 Å². The van der Waals surface area contributed by atoms with Crippen LogP contribution >= 0.6 is 0 Å². The molecule has 0 spiro atoms. The summed E-state index contributed by atoms with van der Waals surface area (Å²) < 4.78 is 1.66. The maximum Gasteiger partial charge on any atom is 0.221 e. The molecule has 5 nitrogen and oxygen atoms in total. The van der Waals surface area contributed by atoms with Crippen LogP contribution in [0.3, 0.4) is 0 Å². The van der Waals surface area contributed by atoms with Crippen molar-refractivity contribution in [1.29, 1.82) is 0 Å². The molecule has 0 radical (unpaired) electrons. The van der Waals surface area contributed by atoms with Crippen molar-refractivity contribution in [2.24, 2.45) is 0 Å². The molecule has 1 saturated heterocycles. The van der Waals surface area contributed by atoms with Crippen LogP contribution in [0, 0.1) is 0 Å². The van der Waals surface area contributed by atoms with E-state index in [1.807, 2.05) is 0 Å². The van der Waals surface area contributed by atoms with E-state index in [4.69, 9.17) is 0 Å². The fourth-order valence-corrected chi connectivity index (χ4v) is 1.17. The SMILES string of the molecule is O=C1CCC(n2cncn2)N1. The zero-order valence-corrected chi connectivity index (χ0v) is 5.90. The normalized spacial score (nSPS) is 23.6. The smallest absolute Gasteiger partial charge is 0.221 e. The molecule has 1 aliphatic heterocycles. The highest BCUT2D eigenvalue weighted by molar-refractivity contribution is 5.77. The third-order valence-corrected chi connectivity index (χ3v) is 1.73. The maximum atomic E-state index is 10.8. The lowest BCUT2D eigenvalue weighted by atomic mass is 10.3. The third kappa shape index (κ3) is 1.09. The summed E-state index contributed by atoms with van der Waals surface area (Å²) in [5.41, 5.74) is 0. The fourth-order valence-electron chi connectivity index (χ4n) is 1.17. The summed E-state index contributed by atoms with van der Waals surface area (Å²) in [5.74, 6) is 0.0884. The van der Waals surface area contributed by atoms with Crippen molar-refractivity contribution in [2.75, 3.05) is 0 Å². The van der Waals surface area contributed by atoms with E-state index in [0.29, 0.717) is 6.42 Å². The van der Waals surface area contributed by atoms with E-state index >= 15 is 0 Å². The first kappa shape index (κ1) is 6.33. The van der Waals surface area contributed by atoms with Gasteiger partial charge in [-0.05, 0) is 6.42 Å². The minimum atomic E-state index is 0.0185. The Morgan fingerprint density at radius 1 is 1.73 bits per heavy atom. The Hall–Kier alpha value is -1.39.